The fraction of sp³-hybridized carbons (Fsp3) is 0.0476. The minimum absolute atomic E-state index is 0.276. The predicted molar refractivity (Wildman–Crippen MR) is 103 cm³/mol. The van der Waals surface area contributed by atoms with Gasteiger partial charge in [0.25, 0.3) is 0 Å². The SMILES string of the molecule is O=C(COC(=O)c1ccccc1-c1ccccc1)c1ccc(Cl)c(Cl)c1. The van der Waals surface area contributed by atoms with Crippen LogP contribution in [0.1, 0.15) is 20.7 Å². The maximum atomic E-state index is 12.5. The average molecular weight is 385 g/mol. The third-order valence-corrected chi connectivity index (χ3v) is 4.55. The van der Waals surface area contributed by atoms with Gasteiger partial charge in [-0.3, -0.25) is 4.79 Å². The van der Waals surface area contributed by atoms with E-state index in [1.807, 2.05) is 42.5 Å². The van der Waals surface area contributed by atoms with Crippen LogP contribution in [0.2, 0.25) is 10.0 Å². The Morgan fingerprint density at radius 2 is 1.50 bits per heavy atom. The Morgan fingerprint density at radius 3 is 2.23 bits per heavy atom. The molecule has 3 nitrogen and oxygen atoms in total. The van der Waals surface area contributed by atoms with E-state index in [4.69, 9.17) is 27.9 Å². The number of benzene rings is 3. The maximum absolute atomic E-state index is 12.5. The minimum Gasteiger partial charge on any atom is -0.454 e. The first-order valence-corrected chi connectivity index (χ1v) is 8.61. The summed E-state index contributed by atoms with van der Waals surface area (Å²) < 4.78 is 5.21. The van der Waals surface area contributed by atoms with Crippen LogP contribution < -0.4 is 0 Å². The Hall–Kier alpha value is -2.62. The van der Waals surface area contributed by atoms with Gasteiger partial charge in [-0.15, -0.1) is 0 Å². The summed E-state index contributed by atoms with van der Waals surface area (Å²) in [5.74, 6) is -0.910. The molecule has 0 atom stereocenters. The summed E-state index contributed by atoms with van der Waals surface area (Å²) in [7, 11) is 0. The lowest BCUT2D eigenvalue weighted by atomic mass is 10.00. The largest absolute Gasteiger partial charge is 0.454 e. The van der Waals surface area contributed by atoms with Gasteiger partial charge in [-0.05, 0) is 35.4 Å². The van der Waals surface area contributed by atoms with Gasteiger partial charge < -0.3 is 4.74 Å². The highest BCUT2D eigenvalue weighted by atomic mass is 35.5. The molecule has 0 aliphatic heterocycles. The van der Waals surface area contributed by atoms with E-state index in [2.05, 4.69) is 0 Å². The number of hydrogen-bond acceptors (Lipinski definition) is 3. The fourth-order valence-electron chi connectivity index (χ4n) is 2.49. The smallest absolute Gasteiger partial charge is 0.339 e. The van der Waals surface area contributed by atoms with Crippen LogP contribution in [0.3, 0.4) is 0 Å². The molecule has 0 spiro atoms. The zero-order valence-corrected chi connectivity index (χ0v) is 15.1. The van der Waals surface area contributed by atoms with Gasteiger partial charge >= 0.3 is 5.97 Å². The van der Waals surface area contributed by atoms with E-state index in [0.717, 1.165) is 11.1 Å². The number of ketones is 1. The predicted octanol–water partition coefficient (Wildman–Crippen LogP) is 5.70. The van der Waals surface area contributed by atoms with E-state index in [0.29, 0.717) is 16.1 Å². The lowest BCUT2D eigenvalue weighted by molar-refractivity contribution is 0.0475. The maximum Gasteiger partial charge on any atom is 0.339 e. The highest BCUT2D eigenvalue weighted by Crippen LogP contribution is 2.25. The summed E-state index contributed by atoms with van der Waals surface area (Å²) in [6, 6.07) is 21.2. The molecule has 0 radical (unpaired) electrons. The van der Waals surface area contributed by atoms with Gasteiger partial charge in [0, 0.05) is 5.56 Å². The topological polar surface area (TPSA) is 43.4 Å². The van der Waals surface area contributed by atoms with Gasteiger partial charge in [0.2, 0.25) is 0 Å². The van der Waals surface area contributed by atoms with Crippen molar-refractivity contribution >= 4 is 35.0 Å². The molecule has 0 heterocycles. The van der Waals surface area contributed by atoms with Gasteiger partial charge in [0.05, 0.1) is 15.6 Å². The number of Topliss-reactive ketones (excluding diaryl/α,β-unsaturated/α-hetero) is 1. The molecular formula is C21H14Cl2O3. The van der Waals surface area contributed by atoms with Crippen LogP contribution in [0.5, 0.6) is 0 Å². The number of hydrogen-bond donors (Lipinski definition) is 0. The van der Waals surface area contributed by atoms with Crippen LogP contribution in [-0.4, -0.2) is 18.4 Å². The zero-order valence-electron chi connectivity index (χ0n) is 13.6. The van der Waals surface area contributed by atoms with Crippen LogP contribution >= 0.6 is 23.2 Å². The van der Waals surface area contributed by atoms with E-state index in [1.54, 1.807) is 18.2 Å². The van der Waals surface area contributed by atoms with Crippen molar-refractivity contribution in [1.29, 1.82) is 0 Å². The van der Waals surface area contributed by atoms with Crippen LogP contribution in [0.4, 0.5) is 0 Å². The van der Waals surface area contributed by atoms with Gasteiger partial charge in [0.1, 0.15) is 0 Å². The van der Waals surface area contributed by atoms with Crippen molar-refractivity contribution in [3.8, 4) is 11.1 Å². The third kappa shape index (κ3) is 4.13. The molecule has 5 heteroatoms. The van der Waals surface area contributed by atoms with Crippen molar-refractivity contribution in [2.75, 3.05) is 6.61 Å². The van der Waals surface area contributed by atoms with Crippen molar-refractivity contribution in [2.45, 2.75) is 0 Å². The monoisotopic (exact) mass is 384 g/mol. The Bertz CT molecular complexity index is 952. The number of halogens is 2. The summed E-state index contributed by atoms with van der Waals surface area (Å²) in [6.07, 6.45) is 0. The number of carbonyl (C=O) groups is 2. The minimum atomic E-state index is -0.558. The number of rotatable bonds is 5. The highest BCUT2D eigenvalue weighted by molar-refractivity contribution is 6.42. The molecule has 3 aromatic carbocycles. The normalized spacial score (nSPS) is 10.4. The van der Waals surface area contributed by atoms with E-state index >= 15 is 0 Å². The summed E-state index contributed by atoms with van der Waals surface area (Å²) >= 11 is 11.8. The molecule has 0 unspecified atom stereocenters. The lowest BCUT2D eigenvalue weighted by Crippen LogP contribution is -2.15. The summed E-state index contributed by atoms with van der Waals surface area (Å²) in [4.78, 5) is 24.7. The number of carbonyl (C=O) groups excluding carboxylic acids is 2. The van der Waals surface area contributed by atoms with E-state index in [1.165, 1.54) is 12.1 Å². The summed E-state index contributed by atoms with van der Waals surface area (Å²) in [5, 5.41) is 0.635. The molecule has 0 saturated heterocycles. The van der Waals surface area contributed by atoms with Gasteiger partial charge in [-0.1, -0.05) is 71.7 Å². The van der Waals surface area contributed by atoms with E-state index in [-0.39, 0.29) is 17.4 Å². The van der Waals surface area contributed by atoms with Crippen LogP contribution in [0, 0.1) is 0 Å². The molecule has 130 valence electrons. The standard InChI is InChI=1S/C21H14Cl2O3/c22-18-11-10-15(12-19(18)23)20(24)13-26-21(25)17-9-5-4-8-16(17)14-6-2-1-3-7-14/h1-12H,13H2. The second-order valence-corrected chi connectivity index (χ2v) is 6.35. The molecule has 0 N–H and O–H groups in total. The summed E-state index contributed by atoms with van der Waals surface area (Å²) in [6.45, 7) is -0.375. The third-order valence-electron chi connectivity index (χ3n) is 3.81. The van der Waals surface area contributed by atoms with Crippen LogP contribution in [-0.2, 0) is 4.74 Å². The Balaban J connectivity index is 1.75. The van der Waals surface area contributed by atoms with Crippen molar-refractivity contribution in [1.82, 2.24) is 0 Å². The summed E-state index contributed by atoms with van der Waals surface area (Å²) in [5.41, 5.74) is 2.39. The Kier molecular flexibility index (Phi) is 5.71. The molecule has 0 fully saturated rings. The van der Waals surface area contributed by atoms with Crippen molar-refractivity contribution < 1.29 is 14.3 Å². The number of ether oxygens (including phenoxy) is 1. The molecule has 0 saturated carbocycles. The second kappa shape index (κ2) is 8.17. The molecule has 0 aromatic heterocycles. The zero-order chi connectivity index (χ0) is 18.5. The molecule has 0 aliphatic rings. The Labute approximate surface area is 161 Å². The molecule has 0 amide bonds. The number of esters is 1. The van der Waals surface area contributed by atoms with Gasteiger partial charge in [0.15, 0.2) is 12.4 Å². The molecule has 26 heavy (non-hydrogen) atoms. The quantitative estimate of drug-likeness (QED) is 0.418. The van der Waals surface area contributed by atoms with Crippen LogP contribution in [0.25, 0.3) is 11.1 Å². The van der Waals surface area contributed by atoms with Crippen molar-refractivity contribution in [3.63, 3.8) is 0 Å². The fourth-order valence-corrected chi connectivity index (χ4v) is 2.79. The van der Waals surface area contributed by atoms with Crippen molar-refractivity contribution in [3.05, 3.63) is 94.0 Å². The van der Waals surface area contributed by atoms with Gasteiger partial charge in [-0.2, -0.15) is 0 Å². The molecule has 3 aromatic rings. The van der Waals surface area contributed by atoms with E-state index < -0.39 is 5.97 Å². The van der Waals surface area contributed by atoms with E-state index in [9.17, 15) is 9.59 Å². The molecular weight excluding hydrogens is 371 g/mol. The van der Waals surface area contributed by atoms with Gasteiger partial charge in [-0.25, -0.2) is 4.79 Å². The first-order valence-electron chi connectivity index (χ1n) is 7.86. The first kappa shape index (κ1) is 18.2. The highest BCUT2D eigenvalue weighted by Gasteiger charge is 2.16. The van der Waals surface area contributed by atoms with Crippen LogP contribution in [0.15, 0.2) is 72.8 Å². The average Bonchev–Trinajstić information content (AvgIpc) is 2.68. The second-order valence-electron chi connectivity index (χ2n) is 5.54. The molecule has 0 bridgehead atoms. The van der Waals surface area contributed by atoms with Crippen molar-refractivity contribution in [2.24, 2.45) is 0 Å². The first-order chi connectivity index (χ1) is 12.6. The molecule has 3 rings (SSSR count). The lowest BCUT2D eigenvalue weighted by Gasteiger charge is -2.10. The Morgan fingerprint density at radius 1 is 0.808 bits per heavy atom. The molecule has 0 aliphatic carbocycles.